The van der Waals surface area contributed by atoms with Crippen molar-refractivity contribution in [1.29, 1.82) is 0 Å². The van der Waals surface area contributed by atoms with Gasteiger partial charge in [0, 0.05) is 9.82 Å². The van der Waals surface area contributed by atoms with Gasteiger partial charge in [0.1, 0.15) is 0 Å². The molecule has 0 heterocycles. The van der Waals surface area contributed by atoms with Gasteiger partial charge in [0.15, 0.2) is 0 Å². The minimum Gasteiger partial charge on any atom is -0.265 e. The van der Waals surface area contributed by atoms with Gasteiger partial charge < -0.3 is 0 Å². The van der Waals surface area contributed by atoms with Gasteiger partial charge in [-0.2, -0.15) is 0 Å². The predicted octanol–water partition coefficient (Wildman–Crippen LogP) is 2.62. The average Bonchev–Trinajstić information content (AvgIpc) is 2.18. The molecule has 0 aliphatic heterocycles. The molecule has 0 spiro atoms. The Labute approximate surface area is 87.7 Å². The molecule has 0 N–H and O–H groups in total. The molecule has 1 aromatic rings. The Bertz CT molecular complexity index is 297. The lowest BCUT2D eigenvalue weighted by atomic mass is 10.2. The molecule has 0 saturated carbocycles. The lowest BCUT2D eigenvalue weighted by Crippen LogP contribution is -2.02. The highest BCUT2D eigenvalue weighted by molar-refractivity contribution is 7.99. The summed E-state index contributed by atoms with van der Waals surface area (Å²) in [6.07, 6.45) is 1.03. The molecule has 1 aromatic carbocycles. The Hall–Kier alpha value is -1.03. The van der Waals surface area contributed by atoms with Crippen molar-refractivity contribution in [2.75, 3.05) is 12.3 Å². The Morgan fingerprint density at radius 3 is 2.50 bits per heavy atom. The van der Waals surface area contributed by atoms with E-state index in [4.69, 9.17) is 0 Å². The highest BCUT2D eigenvalue weighted by Gasteiger charge is 1.99. The monoisotopic (exact) mass is 211 g/mol. The van der Waals surface area contributed by atoms with Crippen molar-refractivity contribution in [2.24, 2.45) is 0 Å². The summed E-state index contributed by atoms with van der Waals surface area (Å²) in [7, 11) is 0. The van der Waals surface area contributed by atoms with Gasteiger partial charge in [-0.15, -0.1) is 11.8 Å². The van der Waals surface area contributed by atoms with Crippen LogP contribution in [0, 0.1) is 10.1 Å². The molecule has 0 amide bonds. The quantitative estimate of drug-likeness (QED) is 0.427. The van der Waals surface area contributed by atoms with E-state index < -0.39 is 0 Å². The number of aryl methyl sites for hydroxylation is 1. The van der Waals surface area contributed by atoms with Crippen molar-refractivity contribution in [1.82, 2.24) is 0 Å². The molecule has 0 aromatic heterocycles. The summed E-state index contributed by atoms with van der Waals surface area (Å²) in [5.74, 6) is 0.540. The summed E-state index contributed by atoms with van der Waals surface area (Å²) >= 11 is 1.53. The number of rotatable bonds is 5. The summed E-state index contributed by atoms with van der Waals surface area (Å²) < 4.78 is 0. The maximum absolute atomic E-state index is 10.1. The first-order valence-corrected chi connectivity index (χ1v) is 5.54. The number of thioether (sulfide) groups is 1. The van der Waals surface area contributed by atoms with Crippen LogP contribution in [0.5, 0.6) is 0 Å². The molecule has 0 fully saturated rings. The number of nitrogens with zero attached hydrogens (tertiary/aromatic N) is 1. The first-order valence-electron chi connectivity index (χ1n) is 4.56. The number of hydrogen-bond donors (Lipinski definition) is 0. The normalized spacial score (nSPS) is 10.1. The van der Waals surface area contributed by atoms with Gasteiger partial charge in [-0.3, -0.25) is 10.1 Å². The van der Waals surface area contributed by atoms with Crippen LogP contribution in [0.3, 0.4) is 0 Å². The predicted molar refractivity (Wildman–Crippen MR) is 58.4 cm³/mol. The highest BCUT2D eigenvalue weighted by atomic mass is 32.2. The number of benzene rings is 1. The van der Waals surface area contributed by atoms with Crippen molar-refractivity contribution in [3.63, 3.8) is 0 Å². The third-order valence-electron chi connectivity index (χ3n) is 1.87. The second-order valence-electron chi connectivity index (χ2n) is 2.90. The van der Waals surface area contributed by atoms with Crippen LogP contribution in [-0.4, -0.2) is 17.2 Å². The molecule has 1 rings (SSSR count). The molecule has 0 unspecified atom stereocenters. The third-order valence-corrected chi connectivity index (χ3v) is 2.87. The van der Waals surface area contributed by atoms with Crippen molar-refractivity contribution >= 4 is 11.8 Å². The first kappa shape index (κ1) is 11.0. The molecule has 14 heavy (non-hydrogen) atoms. The molecule has 0 radical (unpaired) electrons. The Morgan fingerprint density at radius 2 is 2.00 bits per heavy atom. The van der Waals surface area contributed by atoms with Gasteiger partial charge in [-0.05, 0) is 24.1 Å². The molecule has 0 aliphatic carbocycles. The van der Waals surface area contributed by atoms with E-state index in [0.29, 0.717) is 5.75 Å². The van der Waals surface area contributed by atoms with Gasteiger partial charge in [0.2, 0.25) is 6.54 Å². The van der Waals surface area contributed by atoms with Crippen LogP contribution in [0.1, 0.15) is 12.5 Å². The SMILES string of the molecule is CCc1ccc(SCC[N+](=O)[O-])cc1. The van der Waals surface area contributed by atoms with Crippen LogP contribution in [-0.2, 0) is 6.42 Å². The fourth-order valence-electron chi connectivity index (χ4n) is 1.06. The summed E-state index contributed by atoms with van der Waals surface area (Å²) in [4.78, 5) is 10.9. The average molecular weight is 211 g/mol. The van der Waals surface area contributed by atoms with Crippen LogP contribution in [0.25, 0.3) is 0 Å². The lowest BCUT2D eigenvalue weighted by Gasteiger charge is -2.00. The fourth-order valence-corrected chi connectivity index (χ4v) is 1.86. The largest absolute Gasteiger partial charge is 0.265 e. The summed E-state index contributed by atoms with van der Waals surface area (Å²) in [5.41, 5.74) is 1.30. The molecular formula is C10H13NO2S. The first-order chi connectivity index (χ1) is 6.72. The van der Waals surface area contributed by atoms with Crippen LogP contribution in [0.4, 0.5) is 0 Å². The van der Waals surface area contributed by atoms with Crippen molar-refractivity contribution < 1.29 is 4.92 Å². The van der Waals surface area contributed by atoms with Gasteiger partial charge in [-0.1, -0.05) is 19.1 Å². The number of nitro groups is 1. The summed E-state index contributed by atoms with van der Waals surface area (Å²) in [6.45, 7) is 2.13. The third kappa shape index (κ3) is 3.79. The topological polar surface area (TPSA) is 43.1 Å². The van der Waals surface area contributed by atoms with E-state index in [1.165, 1.54) is 17.3 Å². The molecular weight excluding hydrogens is 198 g/mol. The maximum atomic E-state index is 10.1. The highest BCUT2D eigenvalue weighted by Crippen LogP contribution is 2.18. The Morgan fingerprint density at radius 1 is 1.36 bits per heavy atom. The summed E-state index contributed by atoms with van der Waals surface area (Å²) in [6, 6.07) is 8.16. The smallest absolute Gasteiger partial charge is 0.213 e. The number of hydrogen-bond acceptors (Lipinski definition) is 3. The zero-order valence-electron chi connectivity index (χ0n) is 8.10. The second-order valence-corrected chi connectivity index (χ2v) is 4.07. The molecule has 0 saturated heterocycles. The standard InChI is InChI=1S/C10H13NO2S/c1-2-9-3-5-10(6-4-9)14-8-7-11(12)13/h3-6H,2,7-8H2,1H3. The molecule has 4 heteroatoms. The minimum atomic E-state index is -0.284. The van der Waals surface area contributed by atoms with Gasteiger partial charge in [0.05, 0.1) is 5.75 Å². The van der Waals surface area contributed by atoms with Crippen LogP contribution < -0.4 is 0 Å². The second kappa shape index (κ2) is 5.65. The van der Waals surface area contributed by atoms with E-state index in [0.717, 1.165) is 11.3 Å². The minimum absolute atomic E-state index is 0.0280. The zero-order chi connectivity index (χ0) is 10.4. The lowest BCUT2D eigenvalue weighted by molar-refractivity contribution is -0.474. The molecule has 0 atom stereocenters. The molecule has 3 nitrogen and oxygen atoms in total. The summed E-state index contributed by atoms with van der Waals surface area (Å²) in [5, 5.41) is 10.1. The Balaban J connectivity index is 2.40. The van der Waals surface area contributed by atoms with E-state index in [1.54, 1.807) is 0 Å². The van der Waals surface area contributed by atoms with Crippen LogP contribution >= 0.6 is 11.8 Å². The van der Waals surface area contributed by atoms with Crippen LogP contribution in [0.2, 0.25) is 0 Å². The van der Waals surface area contributed by atoms with E-state index >= 15 is 0 Å². The van der Waals surface area contributed by atoms with E-state index in [-0.39, 0.29) is 11.5 Å². The molecule has 0 bridgehead atoms. The maximum Gasteiger partial charge on any atom is 0.213 e. The Kier molecular flexibility index (Phi) is 4.46. The van der Waals surface area contributed by atoms with E-state index in [1.807, 2.05) is 12.1 Å². The van der Waals surface area contributed by atoms with Crippen LogP contribution in [0.15, 0.2) is 29.2 Å². The van der Waals surface area contributed by atoms with Gasteiger partial charge >= 0.3 is 0 Å². The molecule has 76 valence electrons. The van der Waals surface area contributed by atoms with Crippen molar-refractivity contribution in [3.05, 3.63) is 39.9 Å². The zero-order valence-corrected chi connectivity index (χ0v) is 8.92. The van der Waals surface area contributed by atoms with E-state index in [9.17, 15) is 10.1 Å². The van der Waals surface area contributed by atoms with Crippen molar-refractivity contribution in [2.45, 2.75) is 18.2 Å². The van der Waals surface area contributed by atoms with Crippen molar-refractivity contribution in [3.8, 4) is 0 Å². The van der Waals surface area contributed by atoms with E-state index in [2.05, 4.69) is 19.1 Å². The molecule has 0 aliphatic rings. The van der Waals surface area contributed by atoms with Gasteiger partial charge in [-0.25, -0.2) is 0 Å². The fraction of sp³-hybridized carbons (Fsp3) is 0.400. The van der Waals surface area contributed by atoms with Gasteiger partial charge in [0.25, 0.3) is 0 Å².